The van der Waals surface area contributed by atoms with E-state index in [4.69, 9.17) is 4.98 Å². The smallest absolute Gasteiger partial charge is 0.243 e. The van der Waals surface area contributed by atoms with Crippen LogP contribution < -0.4 is 5.32 Å². The SMILES string of the molecule is C/C=C\C(=O)NCCCc1nc2ccccc2n1CCCCCC. The maximum atomic E-state index is 11.4. The van der Waals surface area contributed by atoms with Gasteiger partial charge in [-0.25, -0.2) is 4.98 Å². The van der Waals surface area contributed by atoms with Crippen LogP contribution in [0.25, 0.3) is 11.0 Å². The number of para-hydroxylation sites is 2. The molecule has 2 rings (SSSR count). The maximum absolute atomic E-state index is 11.4. The van der Waals surface area contributed by atoms with Crippen molar-refractivity contribution in [2.75, 3.05) is 6.54 Å². The van der Waals surface area contributed by atoms with Crippen LogP contribution in [0.4, 0.5) is 0 Å². The molecule has 1 aromatic heterocycles. The van der Waals surface area contributed by atoms with Gasteiger partial charge in [0.2, 0.25) is 5.91 Å². The summed E-state index contributed by atoms with van der Waals surface area (Å²) >= 11 is 0. The van der Waals surface area contributed by atoms with Gasteiger partial charge in [-0.2, -0.15) is 0 Å². The minimum atomic E-state index is -0.0226. The van der Waals surface area contributed by atoms with E-state index >= 15 is 0 Å². The average Bonchev–Trinajstić information content (AvgIpc) is 2.93. The number of unbranched alkanes of at least 4 members (excludes halogenated alkanes) is 3. The fourth-order valence-electron chi connectivity index (χ4n) is 2.93. The summed E-state index contributed by atoms with van der Waals surface area (Å²) in [5.74, 6) is 1.11. The van der Waals surface area contributed by atoms with Gasteiger partial charge in [0.05, 0.1) is 11.0 Å². The van der Waals surface area contributed by atoms with Gasteiger partial charge in [-0.15, -0.1) is 0 Å². The number of aryl methyl sites for hydroxylation is 2. The highest BCUT2D eigenvalue weighted by molar-refractivity contribution is 5.87. The molecule has 130 valence electrons. The molecule has 0 spiro atoms. The van der Waals surface area contributed by atoms with Crippen LogP contribution in [0.15, 0.2) is 36.4 Å². The van der Waals surface area contributed by atoms with E-state index in [-0.39, 0.29) is 5.91 Å². The Morgan fingerprint density at radius 3 is 2.83 bits per heavy atom. The van der Waals surface area contributed by atoms with Crippen LogP contribution in [0.2, 0.25) is 0 Å². The van der Waals surface area contributed by atoms with Crippen LogP contribution in [0, 0.1) is 0 Å². The molecular formula is C20H29N3O. The third kappa shape index (κ3) is 5.22. The van der Waals surface area contributed by atoms with Gasteiger partial charge < -0.3 is 9.88 Å². The number of aromatic nitrogens is 2. The van der Waals surface area contributed by atoms with Gasteiger partial charge >= 0.3 is 0 Å². The van der Waals surface area contributed by atoms with Crippen LogP contribution in [-0.4, -0.2) is 22.0 Å². The molecule has 0 fully saturated rings. The summed E-state index contributed by atoms with van der Waals surface area (Å²) in [5, 5.41) is 2.90. The average molecular weight is 327 g/mol. The second-order valence-corrected chi connectivity index (χ2v) is 6.12. The van der Waals surface area contributed by atoms with Gasteiger partial charge in [-0.05, 0) is 38.0 Å². The van der Waals surface area contributed by atoms with Gasteiger partial charge in [0.25, 0.3) is 0 Å². The summed E-state index contributed by atoms with van der Waals surface area (Å²) in [4.78, 5) is 16.2. The van der Waals surface area contributed by atoms with Gasteiger partial charge in [-0.3, -0.25) is 4.79 Å². The molecule has 0 atom stereocenters. The molecule has 0 saturated heterocycles. The third-order valence-corrected chi connectivity index (χ3v) is 4.16. The molecule has 1 heterocycles. The number of hydrogen-bond donors (Lipinski definition) is 1. The van der Waals surface area contributed by atoms with Crippen molar-refractivity contribution in [3.8, 4) is 0 Å². The fourth-order valence-corrected chi connectivity index (χ4v) is 2.93. The van der Waals surface area contributed by atoms with Crippen LogP contribution in [-0.2, 0) is 17.8 Å². The molecule has 0 aliphatic carbocycles. The number of rotatable bonds is 10. The highest BCUT2D eigenvalue weighted by Crippen LogP contribution is 2.18. The second-order valence-electron chi connectivity index (χ2n) is 6.12. The van der Waals surface area contributed by atoms with Gasteiger partial charge in [0.1, 0.15) is 5.82 Å². The second kappa shape index (κ2) is 9.91. The zero-order valence-electron chi connectivity index (χ0n) is 14.9. The first-order valence-corrected chi connectivity index (χ1v) is 9.11. The van der Waals surface area contributed by atoms with E-state index in [1.165, 1.54) is 31.2 Å². The molecule has 4 heteroatoms. The number of benzene rings is 1. The molecule has 1 aromatic carbocycles. The highest BCUT2D eigenvalue weighted by Gasteiger charge is 2.10. The standard InChI is InChI=1S/C20H29N3O/c1-3-5-6-9-16-23-18-13-8-7-12-17(18)22-19(23)14-10-15-21-20(24)11-4-2/h4,7-8,11-13H,3,5-6,9-10,14-16H2,1-2H3,(H,21,24)/b11-4-. The van der Waals surface area contributed by atoms with Crippen LogP contribution >= 0.6 is 0 Å². The molecule has 24 heavy (non-hydrogen) atoms. The summed E-state index contributed by atoms with van der Waals surface area (Å²) in [7, 11) is 0. The summed E-state index contributed by atoms with van der Waals surface area (Å²) in [6, 6.07) is 8.35. The Bertz CT molecular complexity index is 673. The lowest BCUT2D eigenvalue weighted by Gasteiger charge is -2.09. The van der Waals surface area contributed by atoms with Crippen molar-refractivity contribution in [2.45, 2.75) is 58.9 Å². The normalized spacial score (nSPS) is 11.4. The molecule has 0 unspecified atom stereocenters. The number of imidazole rings is 1. The van der Waals surface area contributed by atoms with Crippen molar-refractivity contribution >= 4 is 16.9 Å². The number of allylic oxidation sites excluding steroid dienone is 1. The van der Waals surface area contributed by atoms with Crippen molar-refractivity contribution in [2.24, 2.45) is 0 Å². The molecule has 0 saturated carbocycles. The Morgan fingerprint density at radius 1 is 1.21 bits per heavy atom. The molecule has 1 N–H and O–H groups in total. The molecule has 4 nitrogen and oxygen atoms in total. The van der Waals surface area contributed by atoms with E-state index in [0.717, 1.165) is 30.7 Å². The van der Waals surface area contributed by atoms with Crippen molar-refractivity contribution in [3.05, 3.63) is 42.2 Å². The maximum Gasteiger partial charge on any atom is 0.243 e. The van der Waals surface area contributed by atoms with Gasteiger partial charge in [0, 0.05) is 19.5 Å². The first-order chi connectivity index (χ1) is 11.8. The Labute approximate surface area is 145 Å². The van der Waals surface area contributed by atoms with Gasteiger partial charge in [-0.1, -0.05) is 44.4 Å². The first-order valence-electron chi connectivity index (χ1n) is 9.11. The summed E-state index contributed by atoms with van der Waals surface area (Å²) in [5.41, 5.74) is 2.29. The molecular weight excluding hydrogens is 298 g/mol. The minimum Gasteiger partial charge on any atom is -0.353 e. The zero-order chi connectivity index (χ0) is 17.2. The number of nitrogens with one attached hydrogen (secondary N) is 1. The number of fused-ring (bicyclic) bond motifs is 1. The number of carbonyl (C=O) groups is 1. The van der Waals surface area contributed by atoms with E-state index in [2.05, 4.69) is 35.0 Å². The predicted octanol–water partition coefficient (Wildman–Crippen LogP) is 4.24. The number of hydrogen-bond acceptors (Lipinski definition) is 2. The number of carbonyl (C=O) groups excluding carboxylic acids is 1. The van der Waals surface area contributed by atoms with Crippen LogP contribution in [0.5, 0.6) is 0 Å². The van der Waals surface area contributed by atoms with Crippen molar-refractivity contribution < 1.29 is 4.79 Å². The number of nitrogens with zero attached hydrogens (tertiary/aromatic N) is 2. The number of amides is 1. The summed E-state index contributed by atoms with van der Waals surface area (Å²) in [6.45, 7) is 5.80. The Balaban J connectivity index is 1.98. The summed E-state index contributed by atoms with van der Waals surface area (Å²) < 4.78 is 2.36. The Hall–Kier alpha value is -2.10. The van der Waals surface area contributed by atoms with E-state index in [0.29, 0.717) is 6.54 Å². The summed E-state index contributed by atoms with van der Waals surface area (Å²) in [6.07, 6.45) is 10.1. The predicted molar refractivity (Wildman–Crippen MR) is 100 cm³/mol. The van der Waals surface area contributed by atoms with Gasteiger partial charge in [0.15, 0.2) is 0 Å². The third-order valence-electron chi connectivity index (χ3n) is 4.16. The molecule has 1 amide bonds. The Morgan fingerprint density at radius 2 is 2.04 bits per heavy atom. The molecule has 2 aromatic rings. The zero-order valence-corrected chi connectivity index (χ0v) is 14.9. The molecule has 0 aliphatic rings. The van der Waals surface area contributed by atoms with Crippen LogP contribution in [0.1, 0.15) is 51.8 Å². The molecule has 0 aliphatic heterocycles. The van der Waals surface area contributed by atoms with Crippen molar-refractivity contribution in [1.82, 2.24) is 14.9 Å². The van der Waals surface area contributed by atoms with Crippen molar-refractivity contribution in [3.63, 3.8) is 0 Å². The van der Waals surface area contributed by atoms with E-state index < -0.39 is 0 Å². The molecule has 0 bridgehead atoms. The first kappa shape index (κ1) is 18.2. The topological polar surface area (TPSA) is 46.9 Å². The lowest BCUT2D eigenvalue weighted by atomic mass is 10.2. The largest absolute Gasteiger partial charge is 0.353 e. The van der Waals surface area contributed by atoms with E-state index in [9.17, 15) is 4.79 Å². The lowest BCUT2D eigenvalue weighted by molar-refractivity contribution is -0.116. The minimum absolute atomic E-state index is 0.0226. The van der Waals surface area contributed by atoms with Crippen molar-refractivity contribution in [1.29, 1.82) is 0 Å². The van der Waals surface area contributed by atoms with Crippen LogP contribution in [0.3, 0.4) is 0 Å². The lowest BCUT2D eigenvalue weighted by Crippen LogP contribution is -2.22. The molecule has 0 radical (unpaired) electrons. The fraction of sp³-hybridized carbons (Fsp3) is 0.500. The van der Waals surface area contributed by atoms with E-state index in [1.807, 2.05) is 13.0 Å². The highest BCUT2D eigenvalue weighted by atomic mass is 16.1. The Kier molecular flexibility index (Phi) is 7.53. The quantitative estimate of drug-likeness (QED) is 0.524. The van der Waals surface area contributed by atoms with E-state index in [1.54, 1.807) is 12.2 Å². The monoisotopic (exact) mass is 327 g/mol.